The fraction of sp³-hybridized carbons (Fsp3) is 0.917. The molecule has 0 spiro atoms. The van der Waals surface area contributed by atoms with Crippen molar-refractivity contribution in [1.82, 2.24) is 10.6 Å². The molecule has 0 aromatic rings. The molecule has 1 rings (SSSR count). The standard InChI is InChI=1S/C12H24N2O2/c1-9(10-5-7-13-8-6-10)14-11(15)12(2,3)16-4/h9-10,13H,5-8H2,1-4H3,(H,14,15). The summed E-state index contributed by atoms with van der Waals surface area (Å²) in [5.74, 6) is 0.555. The highest BCUT2D eigenvalue weighted by Gasteiger charge is 2.30. The molecule has 1 fully saturated rings. The smallest absolute Gasteiger partial charge is 0.251 e. The van der Waals surface area contributed by atoms with E-state index in [0.29, 0.717) is 5.92 Å². The van der Waals surface area contributed by atoms with Gasteiger partial charge in [0.1, 0.15) is 5.60 Å². The van der Waals surface area contributed by atoms with E-state index >= 15 is 0 Å². The fourth-order valence-corrected chi connectivity index (χ4v) is 1.94. The minimum atomic E-state index is -0.735. The molecule has 1 atom stereocenters. The molecule has 1 saturated heterocycles. The summed E-state index contributed by atoms with van der Waals surface area (Å²) < 4.78 is 5.16. The Bertz CT molecular complexity index is 235. The average molecular weight is 228 g/mol. The Morgan fingerprint density at radius 3 is 2.50 bits per heavy atom. The van der Waals surface area contributed by atoms with Gasteiger partial charge in [0, 0.05) is 13.2 Å². The van der Waals surface area contributed by atoms with Crippen molar-refractivity contribution < 1.29 is 9.53 Å². The molecule has 94 valence electrons. The van der Waals surface area contributed by atoms with Crippen LogP contribution in [0.4, 0.5) is 0 Å². The number of amides is 1. The summed E-state index contributed by atoms with van der Waals surface area (Å²) in [4.78, 5) is 11.9. The molecule has 0 radical (unpaired) electrons. The van der Waals surface area contributed by atoms with E-state index in [1.54, 1.807) is 21.0 Å². The highest BCUT2D eigenvalue weighted by molar-refractivity contribution is 5.84. The van der Waals surface area contributed by atoms with E-state index in [1.165, 1.54) is 0 Å². The van der Waals surface area contributed by atoms with Crippen LogP contribution >= 0.6 is 0 Å². The van der Waals surface area contributed by atoms with Gasteiger partial charge in [-0.2, -0.15) is 0 Å². The summed E-state index contributed by atoms with van der Waals surface area (Å²) in [6.07, 6.45) is 2.27. The van der Waals surface area contributed by atoms with Crippen LogP contribution < -0.4 is 10.6 Å². The summed E-state index contributed by atoms with van der Waals surface area (Å²) in [6.45, 7) is 7.77. The van der Waals surface area contributed by atoms with Crippen LogP contribution in [-0.4, -0.2) is 37.7 Å². The Hall–Kier alpha value is -0.610. The van der Waals surface area contributed by atoms with Crippen LogP contribution in [0.3, 0.4) is 0 Å². The first-order valence-corrected chi connectivity index (χ1v) is 6.04. The molecule has 0 bridgehead atoms. The molecule has 4 heteroatoms. The second-order valence-electron chi connectivity index (χ2n) is 5.06. The van der Waals surface area contributed by atoms with Gasteiger partial charge in [-0.3, -0.25) is 4.79 Å². The normalized spacial score (nSPS) is 20.5. The van der Waals surface area contributed by atoms with Crippen molar-refractivity contribution in [2.45, 2.75) is 45.3 Å². The molecule has 16 heavy (non-hydrogen) atoms. The zero-order valence-corrected chi connectivity index (χ0v) is 10.8. The number of methoxy groups -OCH3 is 1. The zero-order chi connectivity index (χ0) is 12.2. The Kier molecular flexibility index (Phi) is 4.74. The summed E-state index contributed by atoms with van der Waals surface area (Å²) in [5.41, 5.74) is -0.735. The van der Waals surface area contributed by atoms with E-state index in [4.69, 9.17) is 4.74 Å². The predicted molar refractivity (Wildman–Crippen MR) is 64.3 cm³/mol. The molecule has 0 aromatic heterocycles. The lowest BCUT2D eigenvalue weighted by atomic mass is 9.91. The fourth-order valence-electron chi connectivity index (χ4n) is 1.94. The van der Waals surface area contributed by atoms with Crippen LogP contribution in [0.2, 0.25) is 0 Å². The van der Waals surface area contributed by atoms with Crippen LogP contribution in [0.25, 0.3) is 0 Å². The van der Waals surface area contributed by atoms with E-state index in [1.807, 2.05) is 0 Å². The van der Waals surface area contributed by atoms with Crippen LogP contribution in [0.1, 0.15) is 33.6 Å². The molecule has 0 saturated carbocycles. The Balaban J connectivity index is 2.43. The van der Waals surface area contributed by atoms with Gasteiger partial charge in [-0.15, -0.1) is 0 Å². The van der Waals surface area contributed by atoms with Crippen LogP contribution in [0.5, 0.6) is 0 Å². The third kappa shape index (κ3) is 3.46. The number of hydrogen-bond donors (Lipinski definition) is 2. The maximum absolute atomic E-state index is 11.9. The molecule has 1 aliphatic heterocycles. The number of carbonyl (C=O) groups excluding carboxylic acids is 1. The quantitative estimate of drug-likeness (QED) is 0.752. The van der Waals surface area contributed by atoms with Gasteiger partial charge < -0.3 is 15.4 Å². The molecule has 0 aromatic carbocycles. The van der Waals surface area contributed by atoms with Gasteiger partial charge in [-0.1, -0.05) is 0 Å². The van der Waals surface area contributed by atoms with Gasteiger partial charge in [0.25, 0.3) is 5.91 Å². The maximum atomic E-state index is 11.9. The van der Waals surface area contributed by atoms with Crippen LogP contribution in [-0.2, 0) is 9.53 Å². The molecular weight excluding hydrogens is 204 g/mol. The first-order valence-electron chi connectivity index (χ1n) is 6.04. The van der Waals surface area contributed by atoms with Crippen molar-refractivity contribution in [3.63, 3.8) is 0 Å². The van der Waals surface area contributed by atoms with Gasteiger partial charge in [0.2, 0.25) is 0 Å². The van der Waals surface area contributed by atoms with Crippen molar-refractivity contribution in [1.29, 1.82) is 0 Å². The lowest BCUT2D eigenvalue weighted by molar-refractivity contribution is -0.140. The number of rotatable bonds is 4. The first-order chi connectivity index (χ1) is 7.47. The largest absolute Gasteiger partial charge is 0.369 e. The number of piperidine rings is 1. The lowest BCUT2D eigenvalue weighted by Crippen LogP contribution is -2.50. The highest BCUT2D eigenvalue weighted by atomic mass is 16.5. The van der Waals surface area contributed by atoms with Crippen molar-refractivity contribution >= 4 is 5.91 Å². The topological polar surface area (TPSA) is 50.4 Å². The number of hydrogen-bond acceptors (Lipinski definition) is 3. The summed E-state index contributed by atoms with van der Waals surface area (Å²) in [6, 6.07) is 0.226. The summed E-state index contributed by atoms with van der Waals surface area (Å²) in [5, 5.41) is 6.38. The van der Waals surface area contributed by atoms with E-state index < -0.39 is 5.60 Å². The van der Waals surface area contributed by atoms with E-state index in [2.05, 4.69) is 17.6 Å². The summed E-state index contributed by atoms with van der Waals surface area (Å²) >= 11 is 0. The van der Waals surface area contributed by atoms with Crippen LogP contribution in [0, 0.1) is 5.92 Å². The van der Waals surface area contributed by atoms with Crippen molar-refractivity contribution in [3.05, 3.63) is 0 Å². The van der Waals surface area contributed by atoms with E-state index in [0.717, 1.165) is 25.9 Å². The van der Waals surface area contributed by atoms with Crippen molar-refractivity contribution in [2.75, 3.05) is 20.2 Å². The zero-order valence-electron chi connectivity index (χ0n) is 10.8. The van der Waals surface area contributed by atoms with E-state index in [-0.39, 0.29) is 11.9 Å². The Morgan fingerprint density at radius 1 is 1.44 bits per heavy atom. The third-order valence-corrected chi connectivity index (χ3v) is 3.51. The first kappa shape index (κ1) is 13.5. The van der Waals surface area contributed by atoms with Crippen molar-refractivity contribution in [3.8, 4) is 0 Å². The maximum Gasteiger partial charge on any atom is 0.251 e. The van der Waals surface area contributed by atoms with Gasteiger partial charge in [-0.05, 0) is 52.6 Å². The molecule has 1 aliphatic rings. The molecule has 0 aliphatic carbocycles. The van der Waals surface area contributed by atoms with Gasteiger partial charge in [0.15, 0.2) is 0 Å². The van der Waals surface area contributed by atoms with E-state index in [9.17, 15) is 4.79 Å². The van der Waals surface area contributed by atoms with Crippen LogP contribution in [0.15, 0.2) is 0 Å². The molecule has 2 N–H and O–H groups in total. The molecule has 1 unspecified atom stereocenters. The number of nitrogens with one attached hydrogen (secondary N) is 2. The second kappa shape index (κ2) is 5.64. The van der Waals surface area contributed by atoms with Crippen molar-refractivity contribution in [2.24, 2.45) is 5.92 Å². The Labute approximate surface area is 98.1 Å². The monoisotopic (exact) mass is 228 g/mol. The SMILES string of the molecule is COC(C)(C)C(=O)NC(C)C1CCNCC1. The predicted octanol–water partition coefficient (Wildman–Crippen LogP) is 0.916. The second-order valence-corrected chi connectivity index (χ2v) is 5.06. The van der Waals surface area contributed by atoms with Gasteiger partial charge in [-0.25, -0.2) is 0 Å². The number of ether oxygens (including phenoxy) is 1. The number of carbonyl (C=O) groups is 1. The third-order valence-electron chi connectivity index (χ3n) is 3.51. The lowest BCUT2D eigenvalue weighted by Gasteiger charge is -2.31. The highest BCUT2D eigenvalue weighted by Crippen LogP contribution is 2.17. The molecule has 4 nitrogen and oxygen atoms in total. The minimum Gasteiger partial charge on any atom is -0.369 e. The minimum absolute atomic E-state index is 0.0268. The van der Waals surface area contributed by atoms with Gasteiger partial charge in [0.05, 0.1) is 0 Å². The Morgan fingerprint density at radius 2 is 2.00 bits per heavy atom. The molecule has 1 amide bonds. The average Bonchev–Trinajstić information content (AvgIpc) is 2.30. The molecular formula is C12H24N2O2. The van der Waals surface area contributed by atoms with Gasteiger partial charge >= 0.3 is 0 Å². The summed E-state index contributed by atoms with van der Waals surface area (Å²) in [7, 11) is 1.56. The molecule has 1 heterocycles.